The summed E-state index contributed by atoms with van der Waals surface area (Å²) in [5, 5.41) is 0. The normalized spacial score (nSPS) is 9.92. The van der Waals surface area contributed by atoms with Gasteiger partial charge < -0.3 is 0 Å². The van der Waals surface area contributed by atoms with E-state index < -0.39 is 11.6 Å². The Bertz CT molecular complexity index is 303. The van der Waals surface area contributed by atoms with E-state index in [0.717, 1.165) is 0 Å². The summed E-state index contributed by atoms with van der Waals surface area (Å²) >= 11 is 0. The Kier molecular flexibility index (Phi) is 2.58. The molecule has 0 saturated heterocycles. The van der Waals surface area contributed by atoms with Gasteiger partial charge in [0.05, 0.1) is 0 Å². The Labute approximate surface area is 70.5 Å². The van der Waals surface area contributed by atoms with Gasteiger partial charge in [-0.2, -0.15) is 0 Å². The van der Waals surface area contributed by atoms with Crippen molar-refractivity contribution < 1.29 is 8.78 Å². The number of halogens is 2. The molecule has 0 fully saturated rings. The maximum Gasteiger partial charge on any atom is 0.132 e. The van der Waals surface area contributed by atoms with Crippen LogP contribution in [0.3, 0.4) is 0 Å². The molecule has 1 rings (SSSR count). The minimum absolute atomic E-state index is 0.0781. The lowest BCUT2D eigenvalue weighted by Crippen LogP contribution is -1.94. The van der Waals surface area contributed by atoms with Gasteiger partial charge in [0.25, 0.3) is 0 Å². The molecule has 1 aromatic carbocycles. The minimum Gasteiger partial charge on any atom is -0.207 e. The second kappa shape index (κ2) is 3.48. The molecule has 0 unspecified atom stereocenters. The lowest BCUT2D eigenvalue weighted by atomic mass is 10.1. The van der Waals surface area contributed by atoms with Crippen molar-refractivity contribution in [3.63, 3.8) is 0 Å². The first kappa shape index (κ1) is 8.91. The van der Waals surface area contributed by atoms with E-state index >= 15 is 0 Å². The standard InChI is InChI=1S/C10H10F2/c1-3-4-8-5-6-9(11)7(2)10(8)12/h3,5-6H,1,4H2,2H3. The van der Waals surface area contributed by atoms with Crippen molar-refractivity contribution in [2.24, 2.45) is 0 Å². The Balaban J connectivity index is 3.16. The van der Waals surface area contributed by atoms with Crippen LogP contribution in [-0.2, 0) is 6.42 Å². The summed E-state index contributed by atoms with van der Waals surface area (Å²) in [5.41, 5.74) is 0.568. The van der Waals surface area contributed by atoms with Gasteiger partial charge in [0.1, 0.15) is 11.6 Å². The molecule has 0 aliphatic rings. The lowest BCUT2D eigenvalue weighted by Gasteiger charge is -2.03. The summed E-state index contributed by atoms with van der Waals surface area (Å²) in [4.78, 5) is 0. The smallest absolute Gasteiger partial charge is 0.132 e. The van der Waals surface area contributed by atoms with Crippen LogP contribution in [-0.4, -0.2) is 0 Å². The fourth-order valence-corrected chi connectivity index (χ4v) is 1.03. The van der Waals surface area contributed by atoms with Crippen LogP contribution in [0.4, 0.5) is 8.78 Å². The van der Waals surface area contributed by atoms with Crippen molar-refractivity contribution in [2.75, 3.05) is 0 Å². The summed E-state index contributed by atoms with van der Waals surface area (Å²) in [6.45, 7) is 4.92. The second-order valence-electron chi connectivity index (χ2n) is 2.64. The van der Waals surface area contributed by atoms with Crippen molar-refractivity contribution in [1.29, 1.82) is 0 Å². The number of hydrogen-bond acceptors (Lipinski definition) is 0. The Morgan fingerprint density at radius 2 is 2.08 bits per heavy atom. The van der Waals surface area contributed by atoms with Gasteiger partial charge in [-0.05, 0) is 25.0 Å². The van der Waals surface area contributed by atoms with E-state index in [1.807, 2.05) is 0 Å². The van der Waals surface area contributed by atoms with E-state index in [9.17, 15) is 8.78 Å². The fourth-order valence-electron chi connectivity index (χ4n) is 1.03. The van der Waals surface area contributed by atoms with E-state index in [0.29, 0.717) is 12.0 Å². The largest absolute Gasteiger partial charge is 0.207 e. The van der Waals surface area contributed by atoms with Crippen LogP contribution in [0.5, 0.6) is 0 Å². The van der Waals surface area contributed by atoms with Gasteiger partial charge in [-0.1, -0.05) is 12.1 Å². The molecule has 0 spiro atoms. The molecule has 12 heavy (non-hydrogen) atoms. The zero-order chi connectivity index (χ0) is 9.14. The van der Waals surface area contributed by atoms with E-state index in [2.05, 4.69) is 6.58 Å². The van der Waals surface area contributed by atoms with E-state index in [1.165, 1.54) is 19.1 Å². The molecule has 0 N–H and O–H groups in total. The SMILES string of the molecule is C=CCc1ccc(F)c(C)c1F. The zero-order valence-electron chi connectivity index (χ0n) is 6.90. The van der Waals surface area contributed by atoms with E-state index in [4.69, 9.17) is 0 Å². The predicted molar refractivity (Wildman–Crippen MR) is 45.0 cm³/mol. The maximum atomic E-state index is 13.2. The fraction of sp³-hybridized carbons (Fsp3) is 0.200. The van der Waals surface area contributed by atoms with E-state index in [-0.39, 0.29) is 5.56 Å². The third-order valence-corrected chi connectivity index (χ3v) is 1.76. The second-order valence-corrected chi connectivity index (χ2v) is 2.64. The quantitative estimate of drug-likeness (QED) is 0.595. The van der Waals surface area contributed by atoms with Crippen molar-refractivity contribution in [3.05, 3.63) is 47.5 Å². The molecule has 0 radical (unpaired) electrons. The monoisotopic (exact) mass is 168 g/mol. The summed E-state index contributed by atoms with van der Waals surface area (Å²) < 4.78 is 25.9. The molecule has 0 saturated carbocycles. The molecule has 2 heteroatoms. The number of rotatable bonds is 2. The average Bonchev–Trinajstić information content (AvgIpc) is 2.07. The van der Waals surface area contributed by atoms with Crippen LogP contribution in [0.2, 0.25) is 0 Å². The first-order valence-electron chi connectivity index (χ1n) is 3.71. The topological polar surface area (TPSA) is 0 Å². The molecule has 1 aromatic rings. The van der Waals surface area contributed by atoms with Crippen molar-refractivity contribution in [1.82, 2.24) is 0 Å². The first-order valence-corrected chi connectivity index (χ1v) is 3.71. The molecule has 64 valence electrons. The van der Waals surface area contributed by atoms with Gasteiger partial charge in [-0.3, -0.25) is 0 Å². The highest BCUT2D eigenvalue weighted by Gasteiger charge is 2.07. The van der Waals surface area contributed by atoms with Crippen LogP contribution in [0, 0.1) is 18.6 Å². The highest BCUT2D eigenvalue weighted by atomic mass is 19.1. The minimum atomic E-state index is -0.500. The summed E-state index contributed by atoms with van der Waals surface area (Å²) in [6.07, 6.45) is 2.03. The van der Waals surface area contributed by atoms with Gasteiger partial charge >= 0.3 is 0 Å². The third-order valence-electron chi connectivity index (χ3n) is 1.76. The van der Waals surface area contributed by atoms with Crippen LogP contribution >= 0.6 is 0 Å². The average molecular weight is 168 g/mol. The van der Waals surface area contributed by atoms with Crippen LogP contribution < -0.4 is 0 Å². The molecule has 0 aromatic heterocycles. The Morgan fingerprint density at radius 1 is 1.42 bits per heavy atom. The van der Waals surface area contributed by atoms with Gasteiger partial charge in [-0.25, -0.2) is 8.78 Å². The molecule has 0 amide bonds. The van der Waals surface area contributed by atoms with Crippen molar-refractivity contribution in [3.8, 4) is 0 Å². The highest BCUT2D eigenvalue weighted by Crippen LogP contribution is 2.16. The number of allylic oxidation sites excluding steroid dienone is 1. The number of benzene rings is 1. The molecule has 0 nitrogen and oxygen atoms in total. The van der Waals surface area contributed by atoms with Crippen LogP contribution in [0.1, 0.15) is 11.1 Å². The Hall–Kier alpha value is -1.18. The first-order chi connectivity index (χ1) is 5.66. The van der Waals surface area contributed by atoms with Gasteiger partial charge in [0.2, 0.25) is 0 Å². The van der Waals surface area contributed by atoms with E-state index in [1.54, 1.807) is 6.08 Å². The predicted octanol–water partition coefficient (Wildman–Crippen LogP) is 3.00. The zero-order valence-corrected chi connectivity index (χ0v) is 6.90. The summed E-state index contributed by atoms with van der Waals surface area (Å²) in [6, 6.07) is 2.72. The van der Waals surface area contributed by atoms with Gasteiger partial charge in [0, 0.05) is 5.56 Å². The summed E-state index contributed by atoms with van der Waals surface area (Å²) in [7, 11) is 0. The van der Waals surface area contributed by atoms with Crippen molar-refractivity contribution >= 4 is 0 Å². The molecule has 0 atom stereocenters. The third kappa shape index (κ3) is 1.52. The van der Waals surface area contributed by atoms with Gasteiger partial charge in [-0.15, -0.1) is 6.58 Å². The van der Waals surface area contributed by atoms with Crippen molar-refractivity contribution in [2.45, 2.75) is 13.3 Å². The van der Waals surface area contributed by atoms with Crippen LogP contribution in [0.15, 0.2) is 24.8 Å². The highest BCUT2D eigenvalue weighted by molar-refractivity contribution is 5.27. The Morgan fingerprint density at radius 3 is 2.67 bits per heavy atom. The van der Waals surface area contributed by atoms with Gasteiger partial charge in [0.15, 0.2) is 0 Å². The molecular formula is C10H10F2. The number of hydrogen-bond donors (Lipinski definition) is 0. The molecular weight excluding hydrogens is 158 g/mol. The molecule has 0 bridgehead atoms. The molecule has 0 aliphatic heterocycles. The molecule has 0 aliphatic carbocycles. The molecule has 0 heterocycles. The lowest BCUT2D eigenvalue weighted by molar-refractivity contribution is 0.560. The van der Waals surface area contributed by atoms with Crippen LogP contribution in [0.25, 0.3) is 0 Å². The summed E-state index contributed by atoms with van der Waals surface area (Å²) in [5.74, 6) is -0.963. The maximum absolute atomic E-state index is 13.2.